The van der Waals surface area contributed by atoms with Gasteiger partial charge in [0.25, 0.3) is 5.56 Å². The van der Waals surface area contributed by atoms with E-state index in [1.165, 1.54) is 0 Å². The van der Waals surface area contributed by atoms with E-state index in [1.807, 2.05) is 42.5 Å². The molecule has 0 spiro atoms. The Bertz CT molecular complexity index is 1260. The number of nitrogens with two attached hydrogens (primary N) is 1. The van der Waals surface area contributed by atoms with Gasteiger partial charge in [0, 0.05) is 23.3 Å². The van der Waals surface area contributed by atoms with Crippen molar-refractivity contribution in [2.75, 3.05) is 16.4 Å². The molecule has 1 aliphatic carbocycles. The van der Waals surface area contributed by atoms with Crippen LogP contribution in [-0.4, -0.2) is 19.5 Å². The van der Waals surface area contributed by atoms with Crippen molar-refractivity contribution < 1.29 is 0 Å². The molecule has 0 radical (unpaired) electrons. The van der Waals surface area contributed by atoms with Crippen LogP contribution in [0, 0.1) is 0 Å². The minimum Gasteiger partial charge on any atom is -0.394 e. The Labute approximate surface area is 179 Å². The lowest BCUT2D eigenvalue weighted by Crippen LogP contribution is -2.27. The third kappa shape index (κ3) is 3.92. The topological polar surface area (TPSA) is 111 Å². The van der Waals surface area contributed by atoms with E-state index in [0.29, 0.717) is 17.4 Å². The minimum absolute atomic E-state index is 0.128. The number of pyridine rings is 2. The number of rotatable bonds is 5. The number of nitrogen functional groups attached to an aromatic ring is 1. The Hall–Kier alpha value is -3.94. The van der Waals surface area contributed by atoms with Crippen LogP contribution in [0.3, 0.4) is 0 Å². The highest BCUT2D eigenvalue weighted by atomic mass is 16.1. The van der Waals surface area contributed by atoms with Gasteiger partial charge in [0.1, 0.15) is 11.5 Å². The van der Waals surface area contributed by atoms with Crippen LogP contribution in [0.5, 0.6) is 0 Å². The standard InChI is InChI=1S/C23H23N7O/c24-19-12-15-13-26-23(29-21(15)30(22(19)31)18-8-4-5-9-18)28-20-11-10-17(14-25-20)27-16-6-2-1-3-7-16/h1-3,6-7,10-14,18,27H,4-5,8-9,24H2,(H,25,26,28,29). The van der Waals surface area contributed by atoms with Crippen LogP contribution in [-0.2, 0) is 0 Å². The first-order valence-corrected chi connectivity index (χ1v) is 10.4. The van der Waals surface area contributed by atoms with Crippen molar-refractivity contribution in [1.29, 1.82) is 0 Å². The number of nitrogens with one attached hydrogen (secondary N) is 2. The van der Waals surface area contributed by atoms with Crippen molar-refractivity contribution in [3.05, 3.63) is 71.3 Å². The van der Waals surface area contributed by atoms with E-state index in [0.717, 1.165) is 42.4 Å². The number of hydrogen-bond acceptors (Lipinski definition) is 7. The SMILES string of the molecule is Nc1cc2cnc(Nc3ccc(Nc4ccccc4)cn3)nc2n(C2CCCC2)c1=O. The van der Waals surface area contributed by atoms with Crippen molar-refractivity contribution in [3.63, 3.8) is 0 Å². The number of benzene rings is 1. The van der Waals surface area contributed by atoms with Gasteiger partial charge in [-0.3, -0.25) is 9.36 Å². The predicted octanol–water partition coefficient (Wildman–Crippen LogP) is 4.37. The van der Waals surface area contributed by atoms with Crippen LogP contribution in [0.15, 0.2) is 65.7 Å². The molecule has 4 N–H and O–H groups in total. The Morgan fingerprint density at radius 2 is 1.74 bits per heavy atom. The molecule has 0 atom stereocenters. The van der Waals surface area contributed by atoms with Gasteiger partial charge >= 0.3 is 0 Å². The largest absolute Gasteiger partial charge is 0.394 e. The van der Waals surface area contributed by atoms with Crippen molar-refractivity contribution in [3.8, 4) is 0 Å². The average Bonchev–Trinajstić information content (AvgIpc) is 3.31. The van der Waals surface area contributed by atoms with Gasteiger partial charge in [0.15, 0.2) is 0 Å². The fraction of sp³-hybridized carbons (Fsp3) is 0.217. The average molecular weight is 413 g/mol. The van der Waals surface area contributed by atoms with Gasteiger partial charge in [-0.05, 0) is 43.2 Å². The third-order valence-corrected chi connectivity index (χ3v) is 5.56. The number of anilines is 5. The molecule has 1 saturated carbocycles. The lowest BCUT2D eigenvalue weighted by Gasteiger charge is -2.17. The second kappa shape index (κ2) is 8.06. The zero-order valence-electron chi connectivity index (χ0n) is 17.0. The molecule has 0 amide bonds. The van der Waals surface area contributed by atoms with Gasteiger partial charge in [-0.2, -0.15) is 4.98 Å². The summed E-state index contributed by atoms with van der Waals surface area (Å²) in [5.74, 6) is 1.00. The molecule has 3 aromatic heterocycles. The Balaban J connectivity index is 1.42. The molecule has 1 aliphatic rings. The van der Waals surface area contributed by atoms with Crippen LogP contribution >= 0.6 is 0 Å². The molecule has 0 bridgehead atoms. The lowest BCUT2D eigenvalue weighted by atomic mass is 10.2. The van der Waals surface area contributed by atoms with E-state index in [9.17, 15) is 4.79 Å². The summed E-state index contributed by atoms with van der Waals surface area (Å²) in [4.78, 5) is 26.2. The first-order chi connectivity index (χ1) is 15.2. The number of para-hydroxylation sites is 1. The van der Waals surface area contributed by atoms with Gasteiger partial charge < -0.3 is 16.4 Å². The molecular weight excluding hydrogens is 390 g/mol. The lowest BCUT2D eigenvalue weighted by molar-refractivity contribution is 0.517. The second-order valence-electron chi connectivity index (χ2n) is 7.73. The third-order valence-electron chi connectivity index (χ3n) is 5.56. The summed E-state index contributed by atoms with van der Waals surface area (Å²) >= 11 is 0. The highest BCUT2D eigenvalue weighted by Gasteiger charge is 2.22. The van der Waals surface area contributed by atoms with Crippen LogP contribution in [0.1, 0.15) is 31.7 Å². The Morgan fingerprint density at radius 1 is 0.935 bits per heavy atom. The van der Waals surface area contributed by atoms with E-state index >= 15 is 0 Å². The Morgan fingerprint density at radius 3 is 2.48 bits per heavy atom. The predicted molar refractivity (Wildman–Crippen MR) is 123 cm³/mol. The summed E-state index contributed by atoms with van der Waals surface area (Å²) < 4.78 is 1.74. The molecule has 1 fully saturated rings. The first kappa shape index (κ1) is 19.0. The fourth-order valence-corrected chi connectivity index (χ4v) is 4.05. The maximum Gasteiger partial charge on any atom is 0.275 e. The van der Waals surface area contributed by atoms with Crippen LogP contribution in [0.25, 0.3) is 11.0 Å². The molecule has 156 valence electrons. The number of nitrogens with zero attached hydrogens (tertiary/aromatic N) is 4. The van der Waals surface area contributed by atoms with Crippen molar-refractivity contribution >= 4 is 39.9 Å². The summed E-state index contributed by atoms with van der Waals surface area (Å²) in [5, 5.41) is 7.18. The molecule has 8 heteroatoms. The van der Waals surface area contributed by atoms with Gasteiger partial charge in [0.2, 0.25) is 5.95 Å². The van der Waals surface area contributed by atoms with E-state index < -0.39 is 0 Å². The zero-order chi connectivity index (χ0) is 21.2. The van der Waals surface area contributed by atoms with E-state index in [4.69, 9.17) is 5.73 Å². The van der Waals surface area contributed by atoms with E-state index in [1.54, 1.807) is 23.0 Å². The summed E-state index contributed by atoms with van der Waals surface area (Å²) in [5.41, 5.74) is 8.48. The summed E-state index contributed by atoms with van der Waals surface area (Å²) in [6.45, 7) is 0. The van der Waals surface area contributed by atoms with Gasteiger partial charge in [-0.1, -0.05) is 31.0 Å². The second-order valence-corrected chi connectivity index (χ2v) is 7.73. The van der Waals surface area contributed by atoms with E-state index in [-0.39, 0.29) is 17.3 Å². The normalized spacial score (nSPS) is 14.1. The monoisotopic (exact) mass is 413 g/mol. The zero-order valence-corrected chi connectivity index (χ0v) is 17.0. The molecule has 1 aromatic carbocycles. The molecule has 8 nitrogen and oxygen atoms in total. The molecule has 31 heavy (non-hydrogen) atoms. The molecule has 4 aromatic rings. The molecule has 0 unspecified atom stereocenters. The van der Waals surface area contributed by atoms with Crippen molar-refractivity contribution in [1.82, 2.24) is 19.5 Å². The highest BCUT2D eigenvalue weighted by molar-refractivity contribution is 5.79. The summed E-state index contributed by atoms with van der Waals surface area (Å²) in [6, 6.07) is 15.5. The minimum atomic E-state index is -0.182. The molecule has 0 aliphatic heterocycles. The molecule has 0 saturated heterocycles. The highest BCUT2D eigenvalue weighted by Crippen LogP contribution is 2.31. The number of hydrogen-bond donors (Lipinski definition) is 3. The van der Waals surface area contributed by atoms with Crippen molar-refractivity contribution in [2.24, 2.45) is 0 Å². The van der Waals surface area contributed by atoms with Crippen LogP contribution in [0.2, 0.25) is 0 Å². The van der Waals surface area contributed by atoms with Crippen LogP contribution < -0.4 is 21.9 Å². The quantitative estimate of drug-likeness (QED) is 0.445. The van der Waals surface area contributed by atoms with Gasteiger partial charge in [-0.15, -0.1) is 0 Å². The van der Waals surface area contributed by atoms with Crippen molar-refractivity contribution in [2.45, 2.75) is 31.7 Å². The fourth-order valence-electron chi connectivity index (χ4n) is 4.05. The summed E-state index contributed by atoms with van der Waals surface area (Å²) in [6.07, 6.45) is 7.57. The first-order valence-electron chi connectivity index (χ1n) is 10.4. The maximum atomic E-state index is 12.8. The number of fused-ring (bicyclic) bond motifs is 1. The maximum absolute atomic E-state index is 12.8. The smallest absolute Gasteiger partial charge is 0.275 e. The van der Waals surface area contributed by atoms with E-state index in [2.05, 4.69) is 25.6 Å². The molecule has 5 rings (SSSR count). The number of aromatic nitrogens is 4. The Kier molecular flexibility index (Phi) is 4.95. The van der Waals surface area contributed by atoms with Gasteiger partial charge in [-0.25, -0.2) is 9.97 Å². The molecular formula is C23H23N7O. The van der Waals surface area contributed by atoms with Gasteiger partial charge in [0.05, 0.1) is 17.6 Å². The summed E-state index contributed by atoms with van der Waals surface area (Å²) in [7, 11) is 0. The van der Waals surface area contributed by atoms with Crippen LogP contribution in [0.4, 0.5) is 28.8 Å². The molecule has 3 heterocycles.